The van der Waals surface area contributed by atoms with E-state index in [1.54, 1.807) is 51.1 Å². The summed E-state index contributed by atoms with van der Waals surface area (Å²) in [4.78, 5) is 54.8. The molecule has 0 bridgehead atoms. The monoisotopic (exact) mass is 563 g/mol. The number of carbonyl (C=O) groups is 4. The minimum atomic E-state index is -3.78. The highest BCUT2D eigenvalue weighted by atomic mass is 32.2. The molecule has 3 N–H and O–H groups in total. The Bertz CT molecular complexity index is 1340. The van der Waals surface area contributed by atoms with Gasteiger partial charge in [0, 0.05) is 19.0 Å². The SMILES string of the molecule is COC(=O)c1cc(C(=O)NNC(=O)[C@@](C)(Cc2ccccc2)NC(=O)OC(C)(C)C)cc(N(C)S(C)(=O)=O)n1. The molecule has 0 saturated heterocycles. The van der Waals surface area contributed by atoms with Gasteiger partial charge in [0.1, 0.15) is 17.0 Å². The number of carbonyl (C=O) groups excluding carboxylic acids is 4. The summed E-state index contributed by atoms with van der Waals surface area (Å²) in [7, 11) is -1.49. The van der Waals surface area contributed by atoms with Crippen molar-refractivity contribution in [2.24, 2.45) is 0 Å². The smallest absolute Gasteiger partial charge is 0.408 e. The number of hydrazine groups is 1. The molecule has 212 valence electrons. The highest BCUT2D eigenvalue weighted by molar-refractivity contribution is 7.92. The average Bonchev–Trinajstić information content (AvgIpc) is 2.84. The van der Waals surface area contributed by atoms with Crippen LogP contribution in [0.2, 0.25) is 0 Å². The van der Waals surface area contributed by atoms with E-state index in [9.17, 15) is 27.6 Å². The first-order chi connectivity index (χ1) is 17.9. The second-order valence-corrected chi connectivity index (χ2v) is 11.9. The van der Waals surface area contributed by atoms with Crippen LogP contribution in [0.1, 0.15) is 54.1 Å². The molecule has 0 fully saturated rings. The molecule has 14 heteroatoms. The maximum Gasteiger partial charge on any atom is 0.408 e. The van der Waals surface area contributed by atoms with Crippen LogP contribution < -0.4 is 20.5 Å². The molecule has 0 aliphatic heterocycles. The molecule has 1 aromatic heterocycles. The quantitative estimate of drug-likeness (QED) is 0.318. The van der Waals surface area contributed by atoms with E-state index in [0.717, 1.165) is 35.4 Å². The first-order valence-corrected chi connectivity index (χ1v) is 13.5. The topological polar surface area (TPSA) is 173 Å². The van der Waals surface area contributed by atoms with Crippen LogP contribution in [0.5, 0.6) is 0 Å². The molecule has 3 amide bonds. The zero-order chi connectivity index (χ0) is 29.6. The highest BCUT2D eigenvalue weighted by Gasteiger charge is 2.37. The van der Waals surface area contributed by atoms with Crippen LogP contribution >= 0.6 is 0 Å². The molecule has 0 saturated carbocycles. The van der Waals surface area contributed by atoms with Crippen molar-refractivity contribution in [2.45, 2.75) is 45.3 Å². The number of aromatic nitrogens is 1. The number of benzene rings is 1. The van der Waals surface area contributed by atoms with Crippen LogP contribution in [0.25, 0.3) is 0 Å². The van der Waals surface area contributed by atoms with Crippen LogP contribution in [-0.2, 0) is 30.7 Å². The van der Waals surface area contributed by atoms with E-state index < -0.39 is 45.0 Å². The van der Waals surface area contributed by atoms with Gasteiger partial charge in [0.25, 0.3) is 11.8 Å². The van der Waals surface area contributed by atoms with Gasteiger partial charge >= 0.3 is 12.1 Å². The maximum atomic E-state index is 13.3. The maximum absolute atomic E-state index is 13.3. The fourth-order valence-electron chi connectivity index (χ4n) is 3.23. The molecule has 1 atom stereocenters. The third-order valence-corrected chi connectivity index (χ3v) is 6.44. The van der Waals surface area contributed by atoms with Gasteiger partial charge in [0.05, 0.1) is 13.4 Å². The van der Waals surface area contributed by atoms with E-state index in [2.05, 4.69) is 25.9 Å². The van der Waals surface area contributed by atoms with Crippen molar-refractivity contribution in [3.05, 3.63) is 59.3 Å². The first kappa shape index (κ1) is 31.0. The number of hydrogen-bond donors (Lipinski definition) is 3. The van der Waals surface area contributed by atoms with Crippen molar-refractivity contribution in [1.82, 2.24) is 21.2 Å². The molecule has 39 heavy (non-hydrogen) atoms. The predicted octanol–water partition coefficient (Wildman–Crippen LogP) is 1.55. The van der Waals surface area contributed by atoms with Gasteiger partial charge in [-0.3, -0.25) is 24.7 Å². The highest BCUT2D eigenvalue weighted by Crippen LogP contribution is 2.18. The molecule has 1 aromatic carbocycles. The van der Waals surface area contributed by atoms with Gasteiger partial charge in [-0.1, -0.05) is 30.3 Å². The Morgan fingerprint density at radius 1 is 1.00 bits per heavy atom. The summed E-state index contributed by atoms with van der Waals surface area (Å²) in [6.07, 6.45) is 0.137. The summed E-state index contributed by atoms with van der Waals surface area (Å²) >= 11 is 0. The van der Waals surface area contributed by atoms with Gasteiger partial charge in [-0.25, -0.2) is 23.0 Å². The molecule has 0 aliphatic carbocycles. The van der Waals surface area contributed by atoms with Gasteiger partial charge in [0.2, 0.25) is 10.0 Å². The lowest BCUT2D eigenvalue weighted by Crippen LogP contribution is -2.61. The lowest BCUT2D eigenvalue weighted by atomic mass is 9.92. The number of nitrogens with one attached hydrogen (secondary N) is 3. The van der Waals surface area contributed by atoms with Crippen LogP contribution in [0, 0.1) is 0 Å². The number of alkyl carbamates (subject to hydrolysis) is 1. The number of hydrogen-bond acceptors (Lipinski definition) is 9. The lowest BCUT2D eigenvalue weighted by Gasteiger charge is -2.31. The lowest BCUT2D eigenvalue weighted by molar-refractivity contribution is -0.127. The van der Waals surface area contributed by atoms with E-state index in [1.807, 2.05) is 0 Å². The third-order valence-electron chi connectivity index (χ3n) is 5.26. The zero-order valence-electron chi connectivity index (χ0n) is 22.8. The Hall–Kier alpha value is -4.20. The molecule has 0 radical (unpaired) electrons. The van der Waals surface area contributed by atoms with Crippen molar-refractivity contribution in [3.63, 3.8) is 0 Å². The summed E-state index contributed by atoms with van der Waals surface area (Å²) in [6.45, 7) is 6.49. The zero-order valence-corrected chi connectivity index (χ0v) is 23.6. The Morgan fingerprint density at radius 3 is 2.15 bits per heavy atom. The first-order valence-electron chi connectivity index (χ1n) is 11.7. The minimum Gasteiger partial charge on any atom is -0.464 e. The van der Waals surface area contributed by atoms with E-state index in [0.29, 0.717) is 0 Å². The number of ether oxygens (including phenoxy) is 2. The number of methoxy groups -OCH3 is 1. The fourth-order valence-corrected chi connectivity index (χ4v) is 3.66. The van der Waals surface area contributed by atoms with Crippen LogP contribution in [0.15, 0.2) is 42.5 Å². The number of esters is 1. The minimum absolute atomic E-state index is 0.0554. The van der Waals surface area contributed by atoms with Crippen LogP contribution in [0.4, 0.5) is 10.6 Å². The summed E-state index contributed by atoms with van der Waals surface area (Å²) in [5, 5.41) is 2.56. The number of pyridine rings is 1. The third kappa shape index (κ3) is 8.95. The summed E-state index contributed by atoms with van der Waals surface area (Å²) in [5.41, 5.74) is 2.31. The van der Waals surface area contributed by atoms with Crippen molar-refractivity contribution in [1.29, 1.82) is 0 Å². The Labute approximate surface area is 227 Å². The molecule has 1 heterocycles. The number of anilines is 1. The fraction of sp³-hybridized carbons (Fsp3) is 0.400. The van der Waals surface area contributed by atoms with Gasteiger partial charge in [-0.15, -0.1) is 0 Å². The molecule has 13 nitrogen and oxygen atoms in total. The molecular formula is C25H33N5O8S. The van der Waals surface area contributed by atoms with Crippen molar-refractivity contribution < 1.29 is 37.1 Å². The molecule has 0 unspecified atom stereocenters. The second kappa shape index (κ2) is 12.1. The largest absolute Gasteiger partial charge is 0.464 e. The Balaban J connectivity index is 2.32. The van der Waals surface area contributed by atoms with Crippen molar-refractivity contribution in [3.8, 4) is 0 Å². The molecule has 2 rings (SSSR count). The normalized spacial score (nSPS) is 12.9. The molecular weight excluding hydrogens is 530 g/mol. The molecule has 2 aromatic rings. The summed E-state index contributed by atoms with van der Waals surface area (Å²) < 4.78 is 34.7. The van der Waals surface area contributed by atoms with E-state index in [4.69, 9.17) is 4.74 Å². The van der Waals surface area contributed by atoms with E-state index >= 15 is 0 Å². The van der Waals surface area contributed by atoms with E-state index in [-0.39, 0.29) is 23.5 Å². The summed E-state index contributed by atoms with van der Waals surface area (Å²) in [5.74, 6) is -2.80. The Morgan fingerprint density at radius 2 is 1.62 bits per heavy atom. The van der Waals surface area contributed by atoms with Gasteiger partial charge < -0.3 is 14.8 Å². The van der Waals surface area contributed by atoms with Gasteiger partial charge in [-0.2, -0.15) is 0 Å². The van der Waals surface area contributed by atoms with E-state index in [1.165, 1.54) is 14.0 Å². The number of sulfonamides is 1. The van der Waals surface area contributed by atoms with Gasteiger partial charge in [0.15, 0.2) is 5.69 Å². The molecule has 0 spiro atoms. The second-order valence-electron chi connectivity index (χ2n) is 9.85. The van der Waals surface area contributed by atoms with Crippen LogP contribution in [0.3, 0.4) is 0 Å². The number of amides is 3. The van der Waals surface area contributed by atoms with Gasteiger partial charge in [-0.05, 0) is 45.4 Å². The van der Waals surface area contributed by atoms with Crippen LogP contribution in [-0.4, -0.2) is 68.8 Å². The summed E-state index contributed by atoms with van der Waals surface area (Å²) in [6, 6.07) is 11.1. The predicted molar refractivity (Wildman–Crippen MR) is 142 cm³/mol. The van der Waals surface area contributed by atoms with Crippen molar-refractivity contribution in [2.75, 3.05) is 24.7 Å². The molecule has 0 aliphatic rings. The average molecular weight is 564 g/mol. The van der Waals surface area contributed by atoms with Crippen molar-refractivity contribution >= 4 is 39.7 Å². The number of nitrogens with zero attached hydrogens (tertiary/aromatic N) is 2. The number of rotatable bonds is 8. The Kier molecular flexibility index (Phi) is 9.63. The standard InChI is InChI=1S/C25H33N5O8S/c1-24(2,3)38-23(34)27-25(4,15-16-11-9-8-10-12-16)22(33)29-28-20(31)17-13-18(21(32)37-6)26-19(14-17)30(5)39(7,35)36/h8-14H,15H2,1-7H3,(H,27,34)(H,28,31)(H,29,33)/t25-/m1/s1.